The highest BCUT2D eigenvalue weighted by Gasteiger charge is 2.24. The molecule has 0 unspecified atom stereocenters. The number of para-hydroxylation sites is 2. The largest absolute Gasteiger partial charge is 0.436 e. The van der Waals surface area contributed by atoms with Gasteiger partial charge >= 0.3 is 0 Å². The number of nitrogens with zero attached hydrogens (tertiary/aromatic N) is 2. The fourth-order valence-corrected chi connectivity index (χ4v) is 4.24. The summed E-state index contributed by atoms with van der Waals surface area (Å²) in [5.41, 5.74) is 8.91. The average Bonchev–Trinajstić information content (AvgIpc) is 3.16. The molecule has 0 saturated heterocycles. The van der Waals surface area contributed by atoms with Gasteiger partial charge in [-0.15, -0.1) is 11.3 Å². The van der Waals surface area contributed by atoms with Crippen LogP contribution in [0.25, 0.3) is 22.6 Å². The summed E-state index contributed by atoms with van der Waals surface area (Å²) in [5, 5.41) is 13.8. The van der Waals surface area contributed by atoms with Crippen LogP contribution >= 0.6 is 11.3 Å². The highest BCUT2D eigenvalue weighted by Crippen LogP contribution is 2.44. The molecule has 1 fully saturated rings. The smallest absolute Gasteiger partial charge is 0.232 e. The number of nitrogen functional groups attached to an aromatic ring is 1. The third kappa shape index (κ3) is 2.61. The van der Waals surface area contributed by atoms with E-state index in [1.165, 1.54) is 30.6 Å². The van der Waals surface area contributed by atoms with Crippen LogP contribution in [0.1, 0.15) is 37.0 Å². The summed E-state index contributed by atoms with van der Waals surface area (Å²) in [6, 6.07) is 10.2. The van der Waals surface area contributed by atoms with Crippen LogP contribution in [-0.4, -0.2) is 11.0 Å². The summed E-state index contributed by atoms with van der Waals surface area (Å²) in [4.78, 5) is 5.06. The fourth-order valence-electron chi connectivity index (χ4n) is 3.25. The number of anilines is 2. The van der Waals surface area contributed by atoms with Crippen LogP contribution in [0, 0.1) is 11.3 Å². The molecule has 0 aliphatic heterocycles. The zero-order valence-corrected chi connectivity index (χ0v) is 14.0. The lowest BCUT2D eigenvalue weighted by Gasteiger charge is -2.23. The molecule has 5 nitrogen and oxygen atoms in total. The minimum Gasteiger partial charge on any atom is -0.436 e. The molecule has 1 aromatic carbocycles. The van der Waals surface area contributed by atoms with Crippen molar-refractivity contribution in [2.24, 2.45) is 0 Å². The van der Waals surface area contributed by atoms with E-state index in [0.29, 0.717) is 22.5 Å². The molecule has 0 spiro atoms. The Hall–Kier alpha value is -2.52. The van der Waals surface area contributed by atoms with E-state index in [1.807, 2.05) is 24.3 Å². The Morgan fingerprint density at radius 1 is 1.25 bits per heavy atom. The van der Waals surface area contributed by atoms with Crippen molar-refractivity contribution < 1.29 is 4.42 Å². The number of benzene rings is 1. The monoisotopic (exact) mass is 338 g/mol. The quantitative estimate of drug-likeness (QED) is 0.719. The summed E-state index contributed by atoms with van der Waals surface area (Å²) in [5.74, 6) is 0.477. The Labute approximate surface area is 144 Å². The first-order chi connectivity index (χ1) is 11.8. The van der Waals surface area contributed by atoms with Crippen LogP contribution in [0.4, 0.5) is 10.7 Å². The average molecular weight is 338 g/mol. The van der Waals surface area contributed by atoms with Gasteiger partial charge in [0, 0.05) is 6.04 Å². The van der Waals surface area contributed by atoms with E-state index < -0.39 is 0 Å². The molecule has 3 aromatic rings. The number of fused-ring (bicyclic) bond motifs is 1. The minimum atomic E-state index is 0.423. The van der Waals surface area contributed by atoms with Gasteiger partial charge in [-0.05, 0) is 25.0 Å². The molecule has 2 heterocycles. The van der Waals surface area contributed by atoms with Crippen molar-refractivity contribution in [1.82, 2.24) is 4.98 Å². The number of aromatic nitrogens is 1. The maximum Gasteiger partial charge on any atom is 0.232 e. The molecule has 1 aliphatic rings. The van der Waals surface area contributed by atoms with Gasteiger partial charge in [0.25, 0.3) is 0 Å². The van der Waals surface area contributed by atoms with Crippen molar-refractivity contribution in [2.45, 2.75) is 38.1 Å². The molecule has 1 saturated carbocycles. The number of nitriles is 1. The van der Waals surface area contributed by atoms with Crippen molar-refractivity contribution in [3.05, 3.63) is 29.1 Å². The van der Waals surface area contributed by atoms with Gasteiger partial charge in [-0.2, -0.15) is 5.26 Å². The van der Waals surface area contributed by atoms with Crippen LogP contribution in [0.15, 0.2) is 28.7 Å². The number of nitrogens with two attached hydrogens (primary N) is 1. The van der Waals surface area contributed by atoms with E-state index in [-0.39, 0.29) is 0 Å². The Balaban J connectivity index is 1.77. The van der Waals surface area contributed by atoms with E-state index in [9.17, 15) is 5.26 Å². The second-order valence-corrected chi connectivity index (χ2v) is 7.15. The van der Waals surface area contributed by atoms with E-state index in [0.717, 1.165) is 34.5 Å². The zero-order valence-electron chi connectivity index (χ0n) is 13.2. The first-order valence-electron chi connectivity index (χ1n) is 8.21. The van der Waals surface area contributed by atoms with Crippen molar-refractivity contribution in [3.63, 3.8) is 0 Å². The number of nitrogens with one attached hydrogen (secondary N) is 1. The van der Waals surface area contributed by atoms with Gasteiger partial charge in [0.15, 0.2) is 5.58 Å². The molecule has 3 N–H and O–H groups in total. The second-order valence-electron chi connectivity index (χ2n) is 6.13. The number of thiophene rings is 1. The number of rotatable bonds is 3. The number of oxazole rings is 1. The fraction of sp³-hybridized carbons (Fsp3) is 0.333. The second kappa shape index (κ2) is 6.17. The van der Waals surface area contributed by atoms with Gasteiger partial charge < -0.3 is 15.5 Å². The molecule has 122 valence electrons. The van der Waals surface area contributed by atoms with Crippen molar-refractivity contribution in [3.8, 4) is 17.5 Å². The summed E-state index contributed by atoms with van der Waals surface area (Å²) in [6.45, 7) is 0. The van der Waals surface area contributed by atoms with Gasteiger partial charge in [-0.3, -0.25) is 0 Å². The van der Waals surface area contributed by atoms with E-state index >= 15 is 0 Å². The van der Waals surface area contributed by atoms with Gasteiger partial charge in [0.1, 0.15) is 21.5 Å². The highest BCUT2D eigenvalue weighted by atomic mass is 32.1. The third-order valence-electron chi connectivity index (χ3n) is 4.49. The van der Waals surface area contributed by atoms with Gasteiger partial charge in [0.05, 0.1) is 11.3 Å². The lowest BCUT2D eigenvalue weighted by molar-refractivity contribution is 0.463. The summed E-state index contributed by atoms with van der Waals surface area (Å²) in [6.07, 6.45) is 6.06. The number of hydrogen-bond donors (Lipinski definition) is 2. The third-order valence-corrected chi connectivity index (χ3v) is 5.54. The Morgan fingerprint density at radius 3 is 2.79 bits per heavy atom. The van der Waals surface area contributed by atoms with Crippen LogP contribution in [0.5, 0.6) is 0 Å². The van der Waals surface area contributed by atoms with Crippen LogP contribution in [-0.2, 0) is 0 Å². The Morgan fingerprint density at radius 2 is 2.04 bits per heavy atom. The van der Waals surface area contributed by atoms with Crippen molar-refractivity contribution >= 4 is 33.1 Å². The van der Waals surface area contributed by atoms with Crippen LogP contribution in [0.2, 0.25) is 0 Å². The molecule has 6 heteroatoms. The molecular formula is C18H18N4OS. The normalized spacial score (nSPS) is 15.5. The molecule has 24 heavy (non-hydrogen) atoms. The minimum absolute atomic E-state index is 0.423. The SMILES string of the molecule is N#Cc1sc(NC2CCCCC2)c(-c2nc3ccccc3o2)c1N. The summed E-state index contributed by atoms with van der Waals surface area (Å²) in [7, 11) is 0. The molecule has 0 atom stereocenters. The molecule has 0 radical (unpaired) electrons. The van der Waals surface area contributed by atoms with Gasteiger partial charge in [-0.25, -0.2) is 4.98 Å². The lowest BCUT2D eigenvalue weighted by Crippen LogP contribution is -2.21. The predicted octanol–water partition coefficient (Wildman–Crippen LogP) is 4.75. The molecule has 1 aliphatic carbocycles. The summed E-state index contributed by atoms with van der Waals surface area (Å²) < 4.78 is 5.89. The van der Waals surface area contributed by atoms with E-state index in [2.05, 4.69) is 16.4 Å². The zero-order chi connectivity index (χ0) is 16.5. The van der Waals surface area contributed by atoms with Gasteiger partial charge in [0.2, 0.25) is 5.89 Å². The maximum atomic E-state index is 9.35. The first-order valence-corrected chi connectivity index (χ1v) is 9.03. The standard InChI is InChI=1S/C18H18N4OS/c19-10-14-16(20)15(17-22-12-8-4-5-9-13(12)23-17)18(24-14)21-11-6-2-1-3-7-11/h4-5,8-9,11,21H,1-3,6-7,20H2. The molecule has 2 aromatic heterocycles. The van der Waals surface area contributed by atoms with Crippen molar-refractivity contribution in [2.75, 3.05) is 11.1 Å². The Bertz CT molecular complexity index is 882. The summed E-state index contributed by atoms with van der Waals surface area (Å²) >= 11 is 1.39. The maximum absolute atomic E-state index is 9.35. The first kappa shape index (κ1) is 15.0. The van der Waals surface area contributed by atoms with Crippen LogP contribution in [0.3, 0.4) is 0 Å². The van der Waals surface area contributed by atoms with Crippen molar-refractivity contribution in [1.29, 1.82) is 5.26 Å². The van der Waals surface area contributed by atoms with Crippen LogP contribution < -0.4 is 11.1 Å². The Kier molecular flexibility index (Phi) is 3.87. The van der Waals surface area contributed by atoms with E-state index in [4.69, 9.17) is 10.2 Å². The predicted molar refractivity (Wildman–Crippen MR) is 96.9 cm³/mol. The lowest BCUT2D eigenvalue weighted by atomic mass is 9.95. The molecule has 0 amide bonds. The highest BCUT2D eigenvalue weighted by molar-refractivity contribution is 7.18. The van der Waals surface area contributed by atoms with E-state index in [1.54, 1.807) is 0 Å². The molecule has 0 bridgehead atoms. The van der Waals surface area contributed by atoms with Gasteiger partial charge in [-0.1, -0.05) is 31.4 Å². The molecule has 4 rings (SSSR count). The topological polar surface area (TPSA) is 87.9 Å². The number of hydrogen-bond acceptors (Lipinski definition) is 6. The molecular weight excluding hydrogens is 320 g/mol.